The molecule has 2 heterocycles. The summed E-state index contributed by atoms with van der Waals surface area (Å²) < 4.78 is 2.55. The van der Waals surface area contributed by atoms with Crippen LogP contribution in [-0.2, 0) is 10.8 Å². The number of anilines is 3. The molecule has 0 atom stereocenters. The van der Waals surface area contributed by atoms with Crippen molar-refractivity contribution in [1.82, 2.24) is 0 Å². The van der Waals surface area contributed by atoms with Crippen LogP contribution in [0.4, 0.5) is 17.1 Å². The van der Waals surface area contributed by atoms with E-state index in [1.54, 1.807) is 0 Å². The van der Waals surface area contributed by atoms with Crippen LogP contribution in [0.5, 0.6) is 0 Å². The van der Waals surface area contributed by atoms with Gasteiger partial charge < -0.3 is 4.90 Å². The molecule has 0 fully saturated rings. The van der Waals surface area contributed by atoms with Crippen LogP contribution in [0.15, 0.2) is 259 Å². The summed E-state index contributed by atoms with van der Waals surface area (Å²) in [5.74, 6) is 0. The SMILES string of the molecule is c1ccc(C2(c3cccc(N(c4ccccc4C4(c5ccccc5)c5ccccc5-c5ccccc54)c4cccc5sc6ccccc6c45)c3)c3ccccc3Sc3ccccc32)cc1. The highest BCUT2D eigenvalue weighted by Crippen LogP contribution is 2.60. The monoisotopic (exact) mass is 863 g/mol. The predicted molar refractivity (Wildman–Crippen MR) is 274 cm³/mol. The molecule has 0 spiro atoms. The quantitative estimate of drug-likeness (QED) is 0.157. The molecule has 0 radical (unpaired) electrons. The van der Waals surface area contributed by atoms with Gasteiger partial charge in [-0.25, -0.2) is 0 Å². The first-order chi connectivity index (χ1) is 32.3. The number of benzene rings is 10. The first-order valence-electron chi connectivity index (χ1n) is 22.3. The van der Waals surface area contributed by atoms with Gasteiger partial charge in [0.1, 0.15) is 0 Å². The lowest BCUT2D eigenvalue weighted by molar-refractivity contribution is 0.702. The van der Waals surface area contributed by atoms with Crippen molar-refractivity contribution in [1.29, 1.82) is 0 Å². The Morgan fingerprint density at radius 3 is 1.48 bits per heavy atom. The zero-order valence-electron chi connectivity index (χ0n) is 35.4. The number of thiophene rings is 1. The van der Waals surface area contributed by atoms with Crippen LogP contribution >= 0.6 is 23.1 Å². The average molecular weight is 864 g/mol. The van der Waals surface area contributed by atoms with E-state index in [0.717, 1.165) is 17.1 Å². The van der Waals surface area contributed by atoms with Crippen LogP contribution in [0.3, 0.4) is 0 Å². The van der Waals surface area contributed by atoms with Gasteiger partial charge in [0.25, 0.3) is 0 Å². The summed E-state index contributed by atoms with van der Waals surface area (Å²) in [6, 6.07) is 93.0. The van der Waals surface area contributed by atoms with Crippen molar-refractivity contribution in [2.24, 2.45) is 0 Å². The molecule has 1 aromatic heterocycles. The number of hydrogen-bond acceptors (Lipinski definition) is 3. The highest BCUT2D eigenvalue weighted by atomic mass is 32.2. The van der Waals surface area contributed by atoms with Crippen LogP contribution in [0.1, 0.15) is 44.5 Å². The van der Waals surface area contributed by atoms with E-state index in [1.165, 1.54) is 85.6 Å². The molecule has 13 rings (SSSR count). The van der Waals surface area contributed by atoms with Gasteiger partial charge in [0.05, 0.1) is 22.2 Å². The van der Waals surface area contributed by atoms with Crippen molar-refractivity contribution in [3.8, 4) is 11.1 Å². The number of hydrogen-bond donors (Lipinski definition) is 0. The molecule has 1 aliphatic carbocycles. The molecule has 3 heteroatoms. The van der Waals surface area contributed by atoms with E-state index in [0.29, 0.717) is 0 Å². The average Bonchev–Trinajstić information content (AvgIpc) is 3.91. The lowest BCUT2D eigenvalue weighted by Crippen LogP contribution is -2.34. The van der Waals surface area contributed by atoms with Gasteiger partial charge in [-0.2, -0.15) is 0 Å². The van der Waals surface area contributed by atoms with Crippen molar-refractivity contribution in [3.63, 3.8) is 0 Å². The Hall–Kier alpha value is -7.43. The molecule has 0 bridgehead atoms. The van der Waals surface area contributed by atoms with Gasteiger partial charge in [-0.3, -0.25) is 0 Å². The van der Waals surface area contributed by atoms with E-state index in [4.69, 9.17) is 0 Å². The maximum absolute atomic E-state index is 2.59. The molecule has 0 unspecified atom stereocenters. The summed E-state index contributed by atoms with van der Waals surface area (Å²) in [6.07, 6.45) is 0. The fraction of sp³-hybridized carbons (Fsp3) is 0.0323. The second-order valence-corrected chi connectivity index (χ2v) is 19.2. The summed E-state index contributed by atoms with van der Waals surface area (Å²) in [5, 5.41) is 2.53. The maximum Gasteiger partial charge on any atom is 0.0733 e. The standard InChI is InChI=1S/C62H41NS2/c1-3-21-42(22-4-1)61(52-33-13-17-38-57(52)65-58-39-18-14-34-53(58)61)44-25-19-26-45(41-44)63(55-36-20-40-59-60(55)48-29-9-16-37-56(48)64-59)54-35-15-12-32-51(54)62(43-23-5-2-6-24-43)49-30-10-7-27-46(49)47-28-8-11-31-50(47)62/h1-41H. The molecule has 1 nitrogen and oxygen atoms in total. The third kappa shape index (κ3) is 5.53. The topological polar surface area (TPSA) is 3.24 Å². The lowest BCUT2D eigenvalue weighted by Gasteiger charge is -2.42. The minimum Gasteiger partial charge on any atom is -0.309 e. The normalized spacial score (nSPS) is 14.0. The summed E-state index contributed by atoms with van der Waals surface area (Å²) in [4.78, 5) is 5.14. The Morgan fingerprint density at radius 2 is 0.800 bits per heavy atom. The van der Waals surface area contributed by atoms with E-state index in [9.17, 15) is 0 Å². The fourth-order valence-corrected chi connectivity index (χ4v) is 13.7. The molecule has 0 saturated carbocycles. The fourth-order valence-electron chi connectivity index (χ4n) is 11.4. The summed E-state index contributed by atoms with van der Waals surface area (Å²) in [6.45, 7) is 0. The molecule has 0 saturated heterocycles. The first kappa shape index (κ1) is 38.1. The van der Waals surface area contributed by atoms with E-state index in [2.05, 4.69) is 254 Å². The summed E-state index contributed by atoms with van der Waals surface area (Å²) in [7, 11) is 0. The van der Waals surface area contributed by atoms with Crippen LogP contribution < -0.4 is 4.90 Å². The number of nitrogens with zero attached hydrogens (tertiary/aromatic N) is 1. The van der Waals surface area contributed by atoms with Crippen molar-refractivity contribution in [2.75, 3.05) is 4.90 Å². The van der Waals surface area contributed by atoms with Crippen LogP contribution in [0.25, 0.3) is 31.3 Å². The highest BCUT2D eigenvalue weighted by Gasteiger charge is 2.48. The zero-order chi connectivity index (χ0) is 43.0. The first-order valence-corrected chi connectivity index (χ1v) is 24.0. The van der Waals surface area contributed by atoms with Crippen molar-refractivity contribution < 1.29 is 0 Å². The van der Waals surface area contributed by atoms with Gasteiger partial charge in [0.2, 0.25) is 0 Å². The van der Waals surface area contributed by atoms with Crippen LogP contribution in [0.2, 0.25) is 0 Å². The van der Waals surface area contributed by atoms with E-state index >= 15 is 0 Å². The van der Waals surface area contributed by atoms with E-state index < -0.39 is 10.8 Å². The zero-order valence-corrected chi connectivity index (χ0v) is 37.1. The Morgan fingerprint density at radius 1 is 0.323 bits per heavy atom. The van der Waals surface area contributed by atoms with Gasteiger partial charge in [0.15, 0.2) is 0 Å². The molecule has 65 heavy (non-hydrogen) atoms. The van der Waals surface area contributed by atoms with E-state index in [-0.39, 0.29) is 0 Å². The molecule has 2 aliphatic rings. The van der Waals surface area contributed by atoms with Crippen molar-refractivity contribution in [2.45, 2.75) is 20.6 Å². The van der Waals surface area contributed by atoms with E-state index in [1.807, 2.05) is 23.1 Å². The Balaban J connectivity index is 1.16. The van der Waals surface area contributed by atoms with Crippen molar-refractivity contribution >= 4 is 60.3 Å². The number of fused-ring (bicyclic) bond motifs is 8. The van der Waals surface area contributed by atoms with Gasteiger partial charge in [-0.1, -0.05) is 212 Å². The Labute approximate surface area is 387 Å². The molecular weight excluding hydrogens is 823 g/mol. The Bertz CT molecular complexity index is 3520. The third-order valence-corrected chi connectivity index (χ3v) is 16.2. The highest BCUT2D eigenvalue weighted by molar-refractivity contribution is 7.99. The molecule has 1 aliphatic heterocycles. The molecule has 10 aromatic carbocycles. The second kappa shape index (κ2) is 15.1. The van der Waals surface area contributed by atoms with Gasteiger partial charge in [-0.15, -0.1) is 11.3 Å². The summed E-state index contributed by atoms with van der Waals surface area (Å²) >= 11 is 3.74. The molecule has 306 valence electrons. The number of para-hydroxylation sites is 1. The predicted octanol–water partition coefficient (Wildman–Crippen LogP) is 16.7. The third-order valence-electron chi connectivity index (χ3n) is 13.9. The van der Waals surface area contributed by atoms with Gasteiger partial charge in [-0.05, 0) is 104 Å². The van der Waals surface area contributed by atoms with Crippen LogP contribution in [-0.4, -0.2) is 0 Å². The number of rotatable bonds is 7. The van der Waals surface area contributed by atoms with Gasteiger partial charge >= 0.3 is 0 Å². The van der Waals surface area contributed by atoms with Crippen molar-refractivity contribution in [3.05, 3.63) is 293 Å². The molecule has 0 N–H and O–H groups in total. The second-order valence-electron chi connectivity index (χ2n) is 17.1. The molecular formula is C62H41NS2. The molecule has 11 aromatic rings. The minimum absolute atomic E-state index is 0.587. The van der Waals surface area contributed by atoms with Crippen LogP contribution in [0, 0.1) is 0 Å². The smallest absolute Gasteiger partial charge is 0.0733 e. The minimum atomic E-state index is -0.616. The van der Waals surface area contributed by atoms with Gasteiger partial charge in [0, 0.05) is 35.7 Å². The lowest BCUT2D eigenvalue weighted by atomic mass is 9.64. The Kier molecular flexibility index (Phi) is 8.84. The summed E-state index contributed by atoms with van der Waals surface area (Å²) in [5.41, 5.74) is 14.9. The molecule has 0 amide bonds. The maximum atomic E-state index is 2.59. The largest absolute Gasteiger partial charge is 0.309 e.